The summed E-state index contributed by atoms with van der Waals surface area (Å²) in [6, 6.07) is -0.864. The lowest BCUT2D eigenvalue weighted by Crippen LogP contribution is -2.45. The van der Waals surface area contributed by atoms with Crippen LogP contribution in [0.1, 0.15) is 174 Å². The van der Waals surface area contributed by atoms with Gasteiger partial charge in [0.25, 0.3) is 0 Å². The van der Waals surface area contributed by atoms with Gasteiger partial charge >= 0.3 is 7.82 Å². The number of phosphoric ester groups is 1. The SMILES string of the molecule is CCCCCCCC/C=C/CC/C=C/CC/C=C/C(O)C(COP(=O)(O)OCC[N+](C)(C)C)NC(=O)CCCCCCCCCCCCCCC. The Morgan fingerprint density at radius 1 is 0.647 bits per heavy atom. The largest absolute Gasteiger partial charge is 0.472 e. The van der Waals surface area contributed by atoms with Gasteiger partial charge in [-0.15, -0.1) is 0 Å². The lowest BCUT2D eigenvalue weighted by Gasteiger charge is -2.25. The number of quaternary nitrogens is 1. The predicted octanol–water partition coefficient (Wildman–Crippen LogP) is 11.1. The van der Waals surface area contributed by atoms with Crippen molar-refractivity contribution in [3.8, 4) is 0 Å². The number of allylic oxidation sites excluding steroid dienone is 5. The van der Waals surface area contributed by atoms with Gasteiger partial charge in [-0.1, -0.05) is 159 Å². The third-order valence-corrected chi connectivity index (χ3v) is 10.1. The van der Waals surface area contributed by atoms with Crippen molar-refractivity contribution in [1.82, 2.24) is 5.32 Å². The van der Waals surface area contributed by atoms with Crippen LogP contribution < -0.4 is 5.32 Å². The van der Waals surface area contributed by atoms with Crippen molar-refractivity contribution < 1.29 is 32.9 Å². The lowest BCUT2D eigenvalue weighted by molar-refractivity contribution is -0.870. The maximum Gasteiger partial charge on any atom is 0.472 e. The third-order valence-electron chi connectivity index (χ3n) is 9.09. The first-order valence-electron chi connectivity index (χ1n) is 20.9. The molecule has 0 fully saturated rings. The number of phosphoric acid groups is 1. The van der Waals surface area contributed by atoms with Gasteiger partial charge in [-0.25, -0.2) is 4.57 Å². The van der Waals surface area contributed by atoms with Crippen LogP contribution in [0.4, 0.5) is 0 Å². The summed E-state index contributed by atoms with van der Waals surface area (Å²) >= 11 is 0. The average Bonchev–Trinajstić information content (AvgIpc) is 3.07. The first kappa shape index (κ1) is 49.7. The van der Waals surface area contributed by atoms with Gasteiger partial charge in [-0.05, 0) is 44.9 Å². The summed E-state index contributed by atoms with van der Waals surface area (Å²) in [6.45, 7) is 4.76. The molecule has 0 rings (SSSR count). The van der Waals surface area contributed by atoms with Gasteiger partial charge in [-0.3, -0.25) is 13.8 Å². The molecule has 3 unspecified atom stereocenters. The number of nitrogens with one attached hydrogen (secondary N) is 1. The Bertz CT molecular complexity index is 933. The lowest BCUT2D eigenvalue weighted by atomic mass is 10.0. The molecule has 0 aromatic carbocycles. The van der Waals surface area contributed by atoms with Crippen LogP contribution in [-0.2, 0) is 18.4 Å². The fourth-order valence-corrected chi connectivity index (χ4v) is 6.45. The van der Waals surface area contributed by atoms with Crippen molar-refractivity contribution in [2.24, 2.45) is 0 Å². The number of hydrogen-bond donors (Lipinski definition) is 3. The van der Waals surface area contributed by atoms with Crippen LogP contribution in [0.5, 0.6) is 0 Å². The van der Waals surface area contributed by atoms with Crippen LogP contribution in [0.15, 0.2) is 36.5 Å². The molecule has 0 bridgehead atoms. The van der Waals surface area contributed by atoms with Crippen LogP contribution in [0, 0.1) is 0 Å². The van der Waals surface area contributed by atoms with E-state index in [2.05, 4.69) is 43.5 Å². The second-order valence-corrected chi connectivity index (χ2v) is 16.8. The molecule has 3 N–H and O–H groups in total. The van der Waals surface area contributed by atoms with Crippen molar-refractivity contribution >= 4 is 13.7 Å². The Morgan fingerprint density at radius 3 is 1.57 bits per heavy atom. The monoisotopic (exact) mass is 742 g/mol. The Kier molecular flexibility index (Phi) is 33.6. The van der Waals surface area contributed by atoms with E-state index in [-0.39, 0.29) is 19.1 Å². The van der Waals surface area contributed by atoms with E-state index in [0.717, 1.165) is 44.9 Å². The Labute approximate surface area is 315 Å². The highest BCUT2D eigenvalue weighted by Gasteiger charge is 2.27. The minimum absolute atomic E-state index is 0.0544. The summed E-state index contributed by atoms with van der Waals surface area (Å²) in [4.78, 5) is 23.0. The summed E-state index contributed by atoms with van der Waals surface area (Å²) in [7, 11) is 1.55. The number of nitrogens with zero attached hydrogens (tertiary/aromatic N) is 1. The number of likely N-dealkylation sites (N-methyl/N-ethyl adjacent to an activating group) is 1. The highest BCUT2D eigenvalue weighted by molar-refractivity contribution is 7.47. The van der Waals surface area contributed by atoms with Crippen molar-refractivity contribution in [2.45, 2.75) is 187 Å². The third kappa shape index (κ3) is 36.9. The molecule has 0 radical (unpaired) electrons. The maximum absolute atomic E-state index is 12.8. The molecule has 300 valence electrons. The number of aliphatic hydroxyl groups is 1. The van der Waals surface area contributed by atoms with Crippen molar-refractivity contribution in [3.63, 3.8) is 0 Å². The number of aliphatic hydroxyl groups excluding tert-OH is 1. The summed E-state index contributed by atoms with van der Waals surface area (Å²) in [5.41, 5.74) is 0. The molecule has 0 aromatic rings. The maximum atomic E-state index is 12.8. The number of carbonyl (C=O) groups excluding carboxylic acids is 1. The number of hydrogen-bond acceptors (Lipinski definition) is 5. The molecular formula is C42H82N2O6P+. The van der Waals surface area contributed by atoms with E-state index < -0.39 is 20.0 Å². The van der Waals surface area contributed by atoms with Crippen molar-refractivity contribution in [3.05, 3.63) is 36.5 Å². The highest BCUT2D eigenvalue weighted by atomic mass is 31.2. The zero-order valence-corrected chi connectivity index (χ0v) is 34.7. The summed E-state index contributed by atoms with van der Waals surface area (Å²) < 4.78 is 23.5. The standard InChI is InChI=1S/C42H81N2O6P/c1-6-8-10-12-14-16-18-20-21-22-24-25-27-29-31-33-35-41(45)40(39-50-51(47,48)49-38-37-44(3,4)5)43-42(46)36-34-32-30-28-26-23-19-17-15-13-11-9-7-2/h20-21,25,27,33,35,40-41,45H,6-19,22-24,26,28-32,34,36-39H2,1-5H3,(H-,43,46,47,48)/p+1/b21-20+,27-25+,35-33+. The van der Waals surface area contributed by atoms with Gasteiger partial charge in [0.05, 0.1) is 39.9 Å². The number of unbranched alkanes of at least 4 members (excludes halogenated alkanes) is 20. The molecule has 51 heavy (non-hydrogen) atoms. The topological polar surface area (TPSA) is 105 Å². The molecule has 0 heterocycles. The average molecular weight is 742 g/mol. The van der Waals surface area contributed by atoms with Crippen molar-refractivity contribution in [1.29, 1.82) is 0 Å². The molecule has 9 heteroatoms. The first-order chi connectivity index (χ1) is 24.5. The van der Waals surface area contributed by atoms with E-state index in [1.165, 1.54) is 109 Å². The molecule has 0 aromatic heterocycles. The Hall–Kier alpha value is -1.28. The zero-order chi connectivity index (χ0) is 37.9. The summed E-state index contributed by atoms with van der Waals surface area (Å²) in [5, 5.41) is 13.8. The van der Waals surface area contributed by atoms with Gasteiger partial charge in [0.1, 0.15) is 13.2 Å². The van der Waals surface area contributed by atoms with Crippen LogP contribution in [-0.4, -0.2) is 73.4 Å². The number of rotatable bonds is 37. The van der Waals surface area contributed by atoms with Crippen molar-refractivity contribution in [2.75, 3.05) is 40.9 Å². The van der Waals surface area contributed by atoms with E-state index in [1.54, 1.807) is 6.08 Å². The molecule has 0 aliphatic carbocycles. The van der Waals surface area contributed by atoms with Gasteiger partial charge in [0, 0.05) is 6.42 Å². The van der Waals surface area contributed by atoms with E-state index >= 15 is 0 Å². The summed E-state index contributed by atoms with van der Waals surface area (Å²) in [5.74, 6) is -0.193. The highest BCUT2D eigenvalue weighted by Crippen LogP contribution is 2.43. The quantitative estimate of drug-likeness (QED) is 0.0253. The minimum atomic E-state index is -4.34. The Morgan fingerprint density at radius 2 is 1.08 bits per heavy atom. The molecule has 0 saturated carbocycles. The smallest absolute Gasteiger partial charge is 0.387 e. The molecule has 3 atom stereocenters. The van der Waals surface area contributed by atoms with E-state index in [9.17, 15) is 19.4 Å². The fourth-order valence-electron chi connectivity index (χ4n) is 5.72. The van der Waals surface area contributed by atoms with E-state index in [0.29, 0.717) is 17.4 Å². The second kappa shape index (κ2) is 34.5. The van der Waals surface area contributed by atoms with Gasteiger partial charge in [-0.2, -0.15) is 0 Å². The number of amides is 1. The van der Waals surface area contributed by atoms with Crippen LogP contribution in [0.25, 0.3) is 0 Å². The number of carbonyl (C=O) groups is 1. The van der Waals surface area contributed by atoms with Gasteiger partial charge in [0.15, 0.2) is 0 Å². The molecule has 0 aliphatic heterocycles. The second-order valence-electron chi connectivity index (χ2n) is 15.4. The molecule has 8 nitrogen and oxygen atoms in total. The zero-order valence-electron chi connectivity index (χ0n) is 33.8. The molecular weight excluding hydrogens is 659 g/mol. The summed E-state index contributed by atoms with van der Waals surface area (Å²) in [6.07, 6.45) is 40.6. The van der Waals surface area contributed by atoms with Crippen LogP contribution >= 0.6 is 7.82 Å². The van der Waals surface area contributed by atoms with E-state index in [4.69, 9.17) is 9.05 Å². The van der Waals surface area contributed by atoms with Gasteiger partial charge < -0.3 is 19.8 Å². The molecule has 0 spiro atoms. The van der Waals surface area contributed by atoms with E-state index in [1.807, 2.05) is 27.2 Å². The normalized spacial score (nSPS) is 14.9. The predicted molar refractivity (Wildman–Crippen MR) is 217 cm³/mol. The first-order valence-corrected chi connectivity index (χ1v) is 22.4. The molecule has 1 amide bonds. The minimum Gasteiger partial charge on any atom is -0.387 e. The Balaban J connectivity index is 4.56. The van der Waals surface area contributed by atoms with Gasteiger partial charge in [0.2, 0.25) is 5.91 Å². The fraction of sp³-hybridized carbons (Fsp3) is 0.833. The molecule has 0 aliphatic rings. The van der Waals surface area contributed by atoms with Crippen LogP contribution in [0.3, 0.4) is 0 Å². The van der Waals surface area contributed by atoms with Crippen LogP contribution in [0.2, 0.25) is 0 Å². The molecule has 0 saturated heterocycles.